The van der Waals surface area contributed by atoms with Gasteiger partial charge in [0.1, 0.15) is 6.17 Å². The third kappa shape index (κ3) is 8.67. The van der Waals surface area contributed by atoms with Crippen molar-refractivity contribution in [2.24, 2.45) is 0 Å². The third-order valence-corrected chi connectivity index (χ3v) is 5.12. The Morgan fingerprint density at radius 2 is 1.45 bits per heavy atom. The lowest BCUT2D eigenvalue weighted by Crippen LogP contribution is -2.55. The Hall–Kier alpha value is -2.63. The van der Waals surface area contributed by atoms with E-state index in [1.54, 1.807) is 0 Å². The van der Waals surface area contributed by atoms with Crippen molar-refractivity contribution in [3.63, 3.8) is 0 Å². The fourth-order valence-electron chi connectivity index (χ4n) is 3.41. The highest BCUT2D eigenvalue weighted by Crippen LogP contribution is 2.21. The van der Waals surface area contributed by atoms with Gasteiger partial charge in [-0.25, -0.2) is 0 Å². The predicted molar refractivity (Wildman–Crippen MR) is 115 cm³/mol. The van der Waals surface area contributed by atoms with E-state index in [0.29, 0.717) is 32.8 Å². The average molecular weight is 468 g/mol. The molecule has 0 aromatic heterocycles. The zero-order valence-corrected chi connectivity index (χ0v) is 19.1. The molecule has 1 unspecified atom stereocenters. The fraction of sp³-hybridized carbons (Fsp3) is 0.682. The molecular formula is C22H33N3O8. The maximum atomic E-state index is 12.1. The van der Waals surface area contributed by atoms with E-state index in [0.717, 1.165) is 41.2 Å². The summed E-state index contributed by atoms with van der Waals surface area (Å²) in [5.41, 5.74) is 0. The minimum atomic E-state index is -1.11. The second-order valence-corrected chi connectivity index (χ2v) is 7.62. The van der Waals surface area contributed by atoms with E-state index in [1.807, 2.05) is 0 Å². The lowest BCUT2D eigenvalue weighted by Gasteiger charge is -2.32. The highest BCUT2D eigenvalue weighted by atomic mass is 16.5. The van der Waals surface area contributed by atoms with Gasteiger partial charge in [0.15, 0.2) is 0 Å². The van der Waals surface area contributed by atoms with Gasteiger partial charge in [0.05, 0.1) is 39.6 Å². The van der Waals surface area contributed by atoms with Crippen LogP contribution in [0.25, 0.3) is 0 Å². The highest BCUT2D eigenvalue weighted by Gasteiger charge is 2.42. The van der Waals surface area contributed by atoms with Gasteiger partial charge in [-0.15, -0.1) is 0 Å². The van der Waals surface area contributed by atoms with E-state index >= 15 is 0 Å². The zero-order chi connectivity index (χ0) is 24.1. The van der Waals surface area contributed by atoms with Crippen molar-refractivity contribution in [3.8, 4) is 0 Å². The van der Waals surface area contributed by atoms with Crippen LogP contribution in [-0.4, -0.2) is 91.7 Å². The predicted octanol–water partition coefficient (Wildman–Crippen LogP) is 0.133. The van der Waals surface area contributed by atoms with Gasteiger partial charge in [-0.2, -0.15) is 0 Å². The van der Waals surface area contributed by atoms with Gasteiger partial charge in [-0.1, -0.05) is 19.8 Å². The SMILES string of the molecule is CCCCCC(=O)NCCOCCOCCOCC(N1C(=O)C=CC1=O)N1C(=O)CCC1=O. The number of hydrogen-bond donors (Lipinski definition) is 1. The molecule has 1 atom stereocenters. The van der Waals surface area contributed by atoms with Crippen molar-refractivity contribution in [1.29, 1.82) is 0 Å². The molecule has 2 heterocycles. The first-order valence-corrected chi connectivity index (χ1v) is 11.4. The Bertz CT molecular complexity index is 703. The van der Waals surface area contributed by atoms with Crippen molar-refractivity contribution in [2.45, 2.75) is 51.6 Å². The number of imide groups is 2. The summed E-state index contributed by atoms with van der Waals surface area (Å²) in [7, 11) is 0. The highest BCUT2D eigenvalue weighted by molar-refractivity contribution is 6.14. The molecule has 2 aliphatic heterocycles. The number of hydrogen-bond acceptors (Lipinski definition) is 8. The van der Waals surface area contributed by atoms with Crippen LogP contribution in [0.3, 0.4) is 0 Å². The Morgan fingerprint density at radius 1 is 0.879 bits per heavy atom. The first kappa shape index (κ1) is 26.6. The van der Waals surface area contributed by atoms with Crippen LogP contribution in [0.4, 0.5) is 0 Å². The molecule has 0 aromatic rings. The summed E-state index contributed by atoms with van der Waals surface area (Å²) in [6.45, 7) is 3.80. The largest absolute Gasteiger partial charge is 0.377 e. The van der Waals surface area contributed by atoms with Gasteiger partial charge >= 0.3 is 0 Å². The molecule has 33 heavy (non-hydrogen) atoms. The van der Waals surface area contributed by atoms with Gasteiger partial charge in [0.2, 0.25) is 17.7 Å². The number of nitrogens with zero attached hydrogens (tertiary/aromatic N) is 2. The summed E-state index contributed by atoms with van der Waals surface area (Å²) in [5, 5.41) is 2.80. The number of unbranched alkanes of at least 4 members (excludes halogenated alkanes) is 2. The molecule has 0 bridgehead atoms. The molecule has 0 radical (unpaired) electrons. The molecule has 0 aromatic carbocycles. The Kier molecular flexibility index (Phi) is 11.7. The van der Waals surface area contributed by atoms with Crippen LogP contribution < -0.4 is 5.32 Å². The zero-order valence-electron chi connectivity index (χ0n) is 19.1. The van der Waals surface area contributed by atoms with E-state index in [9.17, 15) is 24.0 Å². The monoisotopic (exact) mass is 467 g/mol. The number of carbonyl (C=O) groups excluding carboxylic acids is 5. The number of carbonyl (C=O) groups is 5. The summed E-state index contributed by atoms with van der Waals surface area (Å²) in [6, 6.07) is 0. The summed E-state index contributed by atoms with van der Waals surface area (Å²) in [4.78, 5) is 61.6. The minimum absolute atomic E-state index is 0.0317. The molecule has 11 heteroatoms. The van der Waals surface area contributed by atoms with Crippen LogP contribution >= 0.6 is 0 Å². The van der Waals surface area contributed by atoms with Gasteiger partial charge in [0, 0.05) is 38.0 Å². The molecule has 0 saturated carbocycles. The van der Waals surface area contributed by atoms with Crippen molar-refractivity contribution in [2.75, 3.05) is 46.2 Å². The van der Waals surface area contributed by atoms with Crippen molar-refractivity contribution < 1.29 is 38.2 Å². The summed E-state index contributed by atoms with van der Waals surface area (Å²) < 4.78 is 16.3. The summed E-state index contributed by atoms with van der Waals surface area (Å²) in [5.74, 6) is -2.03. The lowest BCUT2D eigenvalue weighted by molar-refractivity contribution is -0.157. The Labute approximate surface area is 193 Å². The molecule has 184 valence electrons. The molecule has 0 spiro atoms. The number of ether oxygens (including phenoxy) is 3. The summed E-state index contributed by atoms with van der Waals surface area (Å²) in [6.07, 6.45) is 4.74. The first-order valence-electron chi connectivity index (χ1n) is 11.4. The number of rotatable bonds is 17. The lowest BCUT2D eigenvalue weighted by atomic mass is 10.2. The van der Waals surface area contributed by atoms with E-state index in [2.05, 4.69) is 12.2 Å². The van der Waals surface area contributed by atoms with Gasteiger partial charge in [0.25, 0.3) is 11.8 Å². The van der Waals surface area contributed by atoms with E-state index in [1.165, 1.54) is 0 Å². The van der Waals surface area contributed by atoms with Crippen LogP contribution in [0, 0.1) is 0 Å². The Morgan fingerprint density at radius 3 is 2.06 bits per heavy atom. The van der Waals surface area contributed by atoms with E-state index in [-0.39, 0.29) is 38.6 Å². The number of nitrogens with one attached hydrogen (secondary N) is 1. The molecule has 1 fully saturated rings. The van der Waals surface area contributed by atoms with Gasteiger partial charge in [-0.3, -0.25) is 33.8 Å². The van der Waals surface area contributed by atoms with Crippen molar-refractivity contribution in [3.05, 3.63) is 12.2 Å². The van der Waals surface area contributed by atoms with Crippen LogP contribution in [0.2, 0.25) is 0 Å². The topological polar surface area (TPSA) is 132 Å². The smallest absolute Gasteiger partial charge is 0.255 e. The van der Waals surface area contributed by atoms with Crippen LogP contribution in [0.15, 0.2) is 12.2 Å². The van der Waals surface area contributed by atoms with Gasteiger partial charge in [-0.05, 0) is 6.42 Å². The quantitative estimate of drug-likeness (QED) is 0.236. The molecule has 11 nitrogen and oxygen atoms in total. The molecule has 1 saturated heterocycles. The molecule has 0 aliphatic carbocycles. The van der Waals surface area contributed by atoms with E-state index < -0.39 is 29.8 Å². The maximum Gasteiger partial charge on any atom is 0.255 e. The average Bonchev–Trinajstić information content (AvgIpc) is 3.30. The summed E-state index contributed by atoms with van der Waals surface area (Å²) >= 11 is 0. The van der Waals surface area contributed by atoms with Crippen molar-refractivity contribution >= 4 is 29.5 Å². The Balaban J connectivity index is 1.57. The van der Waals surface area contributed by atoms with Crippen molar-refractivity contribution in [1.82, 2.24) is 15.1 Å². The van der Waals surface area contributed by atoms with Crippen LogP contribution in [-0.2, 0) is 38.2 Å². The molecule has 1 N–H and O–H groups in total. The molecular weight excluding hydrogens is 434 g/mol. The third-order valence-electron chi connectivity index (χ3n) is 5.12. The standard InChI is InChI=1S/C22H33N3O8/c1-2-3-4-5-17(26)23-10-11-31-12-13-32-14-15-33-16-18(24-19(27)6-7-20(24)28)25-21(29)8-9-22(25)30/h6-7,18H,2-5,8-16H2,1H3,(H,23,26). The number of likely N-dealkylation sites (tertiary alicyclic amines) is 1. The first-order chi connectivity index (χ1) is 16.0. The second kappa shape index (κ2) is 14.5. The molecule has 5 amide bonds. The molecule has 2 aliphatic rings. The normalized spacial score (nSPS) is 16.9. The maximum absolute atomic E-state index is 12.1. The minimum Gasteiger partial charge on any atom is -0.377 e. The van der Waals surface area contributed by atoms with E-state index in [4.69, 9.17) is 14.2 Å². The van der Waals surface area contributed by atoms with Gasteiger partial charge < -0.3 is 19.5 Å². The second-order valence-electron chi connectivity index (χ2n) is 7.62. The molecule has 2 rings (SSSR count). The fourth-order valence-corrected chi connectivity index (χ4v) is 3.41. The van der Waals surface area contributed by atoms with Crippen LogP contribution in [0.5, 0.6) is 0 Å². The number of amides is 5. The van der Waals surface area contributed by atoms with Crippen LogP contribution in [0.1, 0.15) is 45.4 Å².